The summed E-state index contributed by atoms with van der Waals surface area (Å²) >= 11 is 11.7. The van der Waals surface area contributed by atoms with Crippen molar-refractivity contribution in [3.63, 3.8) is 0 Å². The third kappa shape index (κ3) is 3.80. The molecule has 2 aromatic rings. The van der Waals surface area contributed by atoms with E-state index >= 15 is 0 Å². The molecule has 1 saturated heterocycles. The Morgan fingerprint density at radius 3 is 2.35 bits per heavy atom. The van der Waals surface area contributed by atoms with Crippen LogP contribution in [-0.2, 0) is 0 Å². The highest BCUT2D eigenvalue weighted by Gasteiger charge is 2.15. The Kier molecular flexibility index (Phi) is 4.80. The molecule has 1 aliphatic rings. The molecule has 7 heteroatoms. The third-order valence-electron chi connectivity index (χ3n) is 3.96. The summed E-state index contributed by atoms with van der Waals surface area (Å²) in [6.07, 6.45) is 0. The van der Waals surface area contributed by atoms with Gasteiger partial charge in [0.15, 0.2) is 0 Å². The zero-order valence-electron chi connectivity index (χ0n) is 12.8. The van der Waals surface area contributed by atoms with E-state index in [0.29, 0.717) is 10.7 Å². The number of aromatic amines is 1. The lowest BCUT2D eigenvalue weighted by Crippen LogP contribution is -2.44. The molecule has 0 unspecified atom stereocenters. The Bertz CT molecular complexity index is 671. The maximum Gasteiger partial charge on any atom is 0.272 e. The first-order valence-corrected chi connectivity index (χ1v) is 8.17. The molecule has 0 bridgehead atoms. The lowest BCUT2D eigenvalue weighted by atomic mass is 10.2. The number of piperazine rings is 1. The predicted octanol–water partition coefficient (Wildman–Crippen LogP) is 3.33. The van der Waals surface area contributed by atoms with Crippen LogP contribution in [0.2, 0.25) is 10.2 Å². The minimum absolute atomic E-state index is 0.266. The van der Waals surface area contributed by atoms with Gasteiger partial charge in [-0.2, -0.15) is 0 Å². The number of amides is 1. The fourth-order valence-electron chi connectivity index (χ4n) is 2.55. The summed E-state index contributed by atoms with van der Waals surface area (Å²) in [4.78, 5) is 19.5. The van der Waals surface area contributed by atoms with Crippen LogP contribution in [0.4, 0.5) is 11.4 Å². The number of likely N-dealkylation sites (N-methyl/N-ethyl adjacent to an activating group) is 1. The number of aromatic nitrogens is 1. The quantitative estimate of drug-likeness (QED) is 0.890. The molecule has 0 aliphatic carbocycles. The van der Waals surface area contributed by atoms with Crippen molar-refractivity contribution in [3.05, 3.63) is 46.2 Å². The number of nitrogens with zero attached hydrogens (tertiary/aromatic N) is 2. The van der Waals surface area contributed by atoms with Crippen molar-refractivity contribution in [1.82, 2.24) is 9.88 Å². The number of anilines is 2. The molecule has 0 atom stereocenters. The van der Waals surface area contributed by atoms with Gasteiger partial charge < -0.3 is 20.1 Å². The van der Waals surface area contributed by atoms with Crippen molar-refractivity contribution in [2.45, 2.75) is 0 Å². The largest absolute Gasteiger partial charge is 0.369 e. The maximum atomic E-state index is 12.1. The van der Waals surface area contributed by atoms with E-state index in [1.165, 1.54) is 11.8 Å². The van der Waals surface area contributed by atoms with Crippen molar-refractivity contribution in [1.29, 1.82) is 0 Å². The molecule has 23 heavy (non-hydrogen) atoms. The lowest BCUT2D eigenvalue weighted by Gasteiger charge is -2.34. The molecule has 2 heterocycles. The van der Waals surface area contributed by atoms with Crippen molar-refractivity contribution < 1.29 is 4.79 Å². The fraction of sp³-hybridized carbons (Fsp3) is 0.312. The summed E-state index contributed by atoms with van der Waals surface area (Å²) < 4.78 is 0. The second-order valence-electron chi connectivity index (χ2n) is 5.64. The monoisotopic (exact) mass is 352 g/mol. The van der Waals surface area contributed by atoms with Gasteiger partial charge in [-0.3, -0.25) is 4.79 Å². The number of hydrogen-bond donors (Lipinski definition) is 2. The Hall–Kier alpha value is -1.69. The summed E-state index contributed by atoms with van der Waals surface area (Å²) in [5.41, 5.74) is 2.24. The van der Waals surface area contributed by atoms with Crippen molar-refractivity contribution in [2.24, 2.45) is 0 Å². The molecule has 1 aromatic heterocycles. The van der Waals surface area contributed by atoms with Crippen LogP contribution in [0.25, 0.3) is 0 Å². The topological polar surface area (TPSA) is 51.4 Å². The zero-order valence-corrected chi connectivity index (χ0v) is 14.3. The number of H-pyrrole nitrogens is 1. The molecule has 2 N–H and O–H groups in total. The minimum atomic E-state index is -0.272. The molecule has 1 aromatic carbocycles. The normalized spacial score (nSPS) is 15.7. The SMILES string of the molecule is CN1CCN(c2ccc(NC(=O)c3cc(Cl)c(Cl)[nH]3)cc2)CC1. The maximum absolute atomic E-state index is 12.1. The average molecular weight is 353 g/mol. The average Bonchev–Trinajstić information content (AvgIpc) is 2.88. The van der Waals surface area contributed by atoms with Crippen LogP contribution in [0.3, 0.4) is 0 Å². The number of hydrogen-bond acceptors (Lipinski definition) is 3. The molecule has 1 aliphatic heterocycles. The standard InChI is InChI=1S/C16H18Cl2N4O/c1-21-6-8-22(9-7-21)12-4-2-11(3-5-12)19-16(23)14-10-13(17)15(18)20-14/h2-5,10,20H,6-9H2,1H3,(H,19,23). The van der Waals surface area contributed by atoms with Crippen LogP contribution in [0.5, 0.6) is 0 Å². The number of carbonyl (C=O) groups excluding carboxylic acids is 1. The molecule has 3 rings (SSSR count). The highest BCUT2D eigenvalue weighted by Crippen LogP contribution is 2.23. The van der Waals surface area contributed by atoms with E-state index in [0.717, 1.165) is 31.9 Å². The van der Waals surface area contributed by atoms with E-state index in [1.807, 2.05) is 24.3 Å². The van der Waals surface area contributed by atoms with Gasteiger partial charge in [0, 0.05) is 37.6 Å². The van der Waals surface area contributed by atoms with Gasteiger partial charge in [-0.05, 0) is 37.4 Å². The van der Waals surface area contributed by atoms with Crippen LogP contribution in [0.15, 0.2) is 30.3 Å². The van der Waals surface area contributed by atoms with Gasteiger partial charge >= 0.3 is 0 Å². The first kappa shape index (κ1) is 16.2. The Labute approximate surface area is 145 Å². The Balaban J connectivity index is 1.64. The van der Waals surface area contributed by atoms with Crippen LogP contribution in [0, 0.1) is 0 Å². The highest BCUT2D eigenvalue weighted by atomic mass is 35.5. The molecule has 0 spiro atoms. The molecular weight excluding hydrogens is 335 g/mol. The van der Waals surface area contributed by atoms with Gasteiger partial charge in [0.05, 0.1) is 5.02 Å². The molecule has 1 amide bonds. The number of nitrogens with one attached hydrogen (secondary N) is 2. The molecular formula is C16H18Cl2N4O. The molecule has 1 fully saturated rings. The van der Waals surface area contributed by atoms with Crippen molar-refractivity contribution in [2.75, 3.05) is 43.4 Å². The summed E-state index contributed by atoms with van der Waals surface area (Å²) in [6.45, 7) is 4.16. The second-order valence-corrected chi connectivity index (χ2v) is 6.42. The lowest BCUT2D eigenvalue weighted by molar-refractivity contribution is 0.102. The first-order valence-electron chi connectivity index (χ1n) is 7.42. The van der Waals surface area contributed by atoms with E-state index in [9.17, 15) is 4.79 Å². The van der Waals surface area contributed by atoms with Gasteiger partial charge in [0.25, 0.3) is 5.91 Å². The van der Waals surface area contributed by atoms with Crippen LogP contribution in [-0.4, -0.2) is 49.0 Å². The van der Waals surface area contributed by atoms with E-state index < -0.39 is 0 Å². The van der Waals surface area contributed by atoms with Gasteiger partial charge in [-0.15, -0.1) is 0 Å². The number of benzene rings is 1. The van der Waals surface area contributed by atoms with Gasteiger partial charge in [0.1, 0.15) is 10.8 Å². The van der Waals surface area contributed by atoms with Gasteiger partial charge in [0.2, 0.25) is 0 Å². The third-order valence-corrected chi connectivity index (χ3v) is 4.66. The van der Waals surface area contributed by atoms with Crippen LogP contribution >= 0.6 is 23.2 Å². The van der Waals surface area contributed by atoms with E-state index in [1.54, 1.807) is 0 Å². The van der Waals surface area contributed by atoms with Gasteiger partial charge in [-0.25, -0.2) is 0 Å². The summed E-state index contributed by atoms with van der Waals surface area (Å²) in [6, 6.07) is 9.36. The summed E-state index contributed by atoms with van der Waals surface area (Å²) in [5.74, 6) is -0.272. The number of rotatable bonds is 3. The summed E-state index contributed by atoms with van der Waals surface area (Å²) in [7, 11) is 2.13. The van der Waals surface area contributed by atoms with E-state index in [2.05, 4.69) is 27.1 Å². The number of carbonyl (C=O) groups is 1. The fourth-order valence-corrected chi connectivity index (χ4v) is 2.86. The highest BCUT2D eigenvalue weighted by molar-refractivity contribution is 6.41. The van der Waals surface area contributed by atoms with Crippen LogP contribution < -0.4 is 10.2 Å². The summed E-state index contributed by atoms with van der Waals surface area (Å²) in [5, 5.41) is 3.42. The van der Waals surface area contributed by atoms with Gasteiger partial charge in [-0.1, -0.05) is 23.2 Å². The Morgan fingerprint density at radius 2 is 1.78 bits per heavy atom. The van der Waals surface area contributed by atoms with Crippen LogP contribution in [0.1, 0.15) is 10.5 Å². The predicted molar refractivity (Wildman–Crippen MR) is 94.9 cm³/mol. The van der Waals surface area contributed by atoms with Crippen molar-refractivity contribution in [3.8, 4) is 0 Å². The first-order chi connectivity index (χ1) is 11.0. The van der Waals surface area contributed by atoms with E-state index in [4.69, 9.17) is 23.2 Å². The van der Waals surface area contributed by atoms with Crippen molar-refractivity contribution >= 4 is 40.5 Å². The zero-order chi connectivity index (χ0) is 16.4. The molecule has 5 nitrogen and oxygen atoms in total. The minimum Gasteiger partial charge on any atom is -0.369 e. The molecule has 0 radical (unpaired) electrons. The molecule has 122 valence electrons. The van der Waals surface area contributed by atoms with E-state index in [-0.39, 0.29) is 11.1 Å². The smallest absolute Gasteiger partial charge is 0.272 e. The Morgan fingerprint density at radius 1 is 1.13 bits per heavy atom. The molecule has 0 saturated carbocycles. The second kappa shape index (κ2) is 6.83. The number of halogens is 2.